The Balaban J connectivity index is 2.74. The molecular weight excluding hydrogens is 283 g/mol. The van der Waals surface area contributed by atoms with Crippen LogP contribution in [0.5, 0.6) is 0 Å². The Hall–Kier alpha value is -2.64. The van der Waals surface area contributed by atoms with Crippen molar-refractivity contribution in [2.45, 2.75) is 25.3 Å². The second kappa shape index (κ2) is 7.22. The molecule has 8 heteroatoms. The Labute approximate surface area is 119 Å². The van der Waals surface area contributed by atoms with Gasteiger partial charge >= 0.3 is 11.9 Å². The van der Waals surface area contributed by atoms with Gasteiger partial charge in [0.05, 0.1) is 5.56 Å². The summed E-state index contributed by atoms with van der Waals surface area (Å²) in [5, 5.41) is 19.7. The first kappa shape index (κ1) is 16.4. The molecule has 0 heterocycles. The number of aliphatic carboxylic acids is 2. The van der Waals surface area contributed by atoms with Crippen LogP contribution < -0.4 is 11.1 Å². The monoisotopic (exact) mass is 298 g/mol. The zero-order valence-electron chi connectivity index (χ0n) is 11.0. The molecule has 0 unspecified atom stereocenters. The maximum absolute atomic E-state index is 13.1. The van der Waals surface area contributed by atoms with Crippen molar-refractivity contribution in [2.75, 3.05) is 5.73 Å². The number of amides is 1. The van der Waals surface area contributed by atoms with Gasteiger partial charge in [-0.05, 0) is 31.0 Å². The molecule has 114 valence electrons. The van der Waals surface area contributed by atoms with E-state index < -0.39 is 29.7 Å². The summed E-state index contributed by atoms with van der Waals surface area (Å²) in [6, 6.07) is 1.92. The van der Waals surface area contributed by atoms with E-state index in [9.17, 15) is 18.8 Å². The van der Waals surface area contributed by atoms with E-state index >= 15 is 0 Å². The average Bonchev–Trinajstić information content (AvgIpc) is 2.39. The van der Waals surface area contributed by atoms with Crippen LogP contribution in [-0.4, -0.2) is 34.1 Å². The Morgan fingerprint density at radius 3 is 2.52 bits per heavy atom. The molecule has 1 aromatic rings. The van der Waals surface area contributed by atoms with Crippen molar-refractivity contribution in [1.29, 1.82) is 0 Å². The number of carbonyl (C=O) groups excluding carboxylic acids is 1. The maximum Gasteiger partial charge on any atom is 0.326 e. The average molecular weight is 298 g/mol. The molecule has 0 saturated carbocycles. The molecule has 0 aliphatic rings. The Morgan fingerprint density at radius 1 is 1.29 bits per heavy atom. The Kier molecular flexibility index (Phi) is 5.65. The smallest absolute Gasteiger partial charge is 0.326 e. The van der Waals surface area contributed by atoms with E-state index in [-0.39, 0.29) is 30.5 Å². The van der Waals surface area contributed by atoms with Crippen molar-refractivity contribution in [2.24, 2.45) is 0 Å². The summed E-state index contributed by atoms with van der Waals surface area (Å²) in [6.45, 7) is 0. The van der Waals surface area contributed by atoms with Crippen LogP contribution in [0.15, 0.2) is 18.2 Å². The number of carboxylic acid groups (broad SMARTS) is 2. The zero-order chi connectivity index (χ0) is 16.0. The van der Waals surface area contributed by atoms with Crippen molar-refractivity contribution < 1.29 is 29.0 Å². The lowest BCUT2D eigenvalue weighted by molar-refractivity contribution is -0.140. The van der Waals surface area contributed by atoms with Gasteiger partial charge in [0.25, 0.3) is 5.91 Å². The summed E-state index contributed by atoms with van der Waals surface area (Å²) in [5.41, 5.74) is 5.38. The number of nitrogens with one attached hydrogen (secondary N) is 1. The summed E-state index contributed by atoms with van der Waals surface area (Å²) < 4.78 is 13.1. The molecule has 1 aromatic carbocycles. The topological polar surface area (TPSA) is 130 Å². The van der Waals surface area contributed by atoms with Gasteiger partial charge in [-0.25, -0.2) is 9.18 Å². The van der Waals surface area contributed by atoms with Gasteiger partial charge in [-0.3, -0.25) is 9.59 Å². The fourth-order valence-corrected chi connectivity index (χ4v) is 1.68. The van der Waals surface area contributed by atoms with E-state index in [0.29, 0.717) is 0 Å². The molecule has 21 heavy (non-hydrogen) atoms. The molecule has 0 saturated heterocycles. The summed E-state index contributed by atoms with van der Waals surface area (Å²) in [7, 11) is 0. The van der Waals surface area contributed by atoms with Crippen LogP contribution in [0.4, 0.5) is 10.1 Å². The van der Waals surface area contributed by atoms with Gasteiger partial charge in [0.1, 0.15) is 11.9 Å². The summed E-state index contributed by atoms with van der Waals surface area (Å²) in [5.74, 6) is -3.86. The van der Waals surface area contributed by atoms with Gasteiger partial charge in [0.15, 0.2) is 0 Å². The lowest BCUT2D eigenvalue weighted by Gasteiger charge is -2.15. The zero-order valence-corrected chi connectivity index (χ0v) is 11.0. The number of carbonyl (C=O) groups is 3. The van der Waals surface area contributed by atoms with Crippen molar-refractivity contribution >= 4 is 23.5 Å². The standard InChI is InChI=1S/C13H15FN2O5/c14-7-4-5-9(15)8(6-7)12(19)16-10(13(20)21)2-1-3-11(17)18/h4-6,10H,1-3,15H2,(H,16,19)(H,17,18)(H,20,21)/t10-/m1/s1. The Bertz CT molecular complexity index is 561. The fourth-order valence-electron chi connectivity index (χ4n) is 1.68. The van der Waals surface area contributed by atoms with Gasteiger partial charge in [-0.15, -0.1) is 0 Å². The van der Waals surface area contributed by atoms with Crippen LogP contribution in [0.2, 0.25) is 0 Å². The van der Waals surface area contributed by atoms with Gasteiger partial charge in [0, 0.05) is 12.1 Å². The number of anilines is 1. The molecule has 0 spiro atoms. The van der Waals surface area contributed by atoms with Gasteiger partial charge in [-0.1, -0.05) is 0 Å². The highest BCUT2D eigenvalue weighted by molar-refractivity contribution is 6.00. The molecule has 0 aliphatic carbocycles. The molecule has 1 amide bonds. The van der Waals surface area contributed by atoms with Crippen LogP contribution in [0.25, 0.3) is 0 Å². The normalized spacial score (nSPS) is 11.7. The third-order valence-corrected chi connectivity index (χ3v) is 2.75. The van der Waals surface area contributed by atoms with Crippen molar-refractivity contribution in [3.05, 3.63) is 29.6 Å². The molecule has 0 aromatic heterocycles. The molecule has 0 radical (unpaired) electrons. The van der Waals surface area contributed by atoms with Gasteiger partial charge in [-0.2, -0.15) is 0 Å². The number of hydrogen-bond donors (Lipinski definition) is 4. The number of nitrogens with two attached hydrogens (primary N) is 1. The van der Waals surface area contributed by atoms with Crippen LogP contribution in [-0.2, 0) is 9.59 Å². The van der Waals surface area contributed by atoms with Crippen LogP contribution in [0.1, 0.15) is 29.6 Å². The minimum Gasteiger partial charge on any atom is -0.481 e. The van der Waals surface area contributed by atoms with Crippen LogP contribution in [0, 0.1) is 5.82 Å². The van der Waals surface area contributed by atoms with E-state index in [1.165, 1.54) is 6.07 Å². The molecule has 0 aliphatic heterocycles. The van der Waals surface area contributed by atoms with Gasteiger partial charge in [0.2, 0.25) is 0 Å². The molecule has 1 rings (SSSR count). The first-order valence-electron chi connectivity index (χ1n) is 6.11. The predicted molar refractivity (Wildman–Crippen MR) is 71.2 cm³/mol. The van der Waals surface area contributed by atoms with E-state index in [1.807, 2.05) is 0 Å². The van der Waals surface area contributed by atoms with E-state index in [0.717, 1.165) is 12.1 Å². The highest BCUT2D eigenvalue weighted by Gasteiger charge is 2.22. The minimum atomic E-state index is -1.30. The number of benzene rings is 1. The quantitative estimate of drug-likeness (QED) is 0.552. The van der Waals surface area contributed by atoms with E-state index in [2.05, 4.69) is 5.32 Å². The highest BCUT2D eigenvalue weighted by Crippen LogP contribution is 2.14. The molecular formula is C13H15FN2O5. The summed E-state index contributed by atoms with van der Waals surface area (Å²) in [4.78, 5) is 33.3. The van der Waals surface area contributed by atoms with Crippen LogP contribution in [0.3, 0.4) is 0 Å². The van der Waals surface area contributed by atoms with Crippen LogP contribution >= 0.6 is 0 Å². The number of halogens is 1. The third-order valence-electron chi connectivity index (χ3n) is 2.75. The van der Waals surface area contributed by atoms with E-state index in [1.54, 1.807) is 0 Å². The SMILES string of the molecule is Nc1ccc(F)cc1C(=O)N[C@H](CCCC(=O)O)C(=O)O. The predicted octanol–water partition coefficient (Wildman–Crippen LogP) is 0.846. The van der Waals surface area contributed by atoms with Crippen molar-refractivity contribution in [1.82, 2.24) is 5.32 Å². The summed E-state index contributed by atoms with van der Waals surface area (Å²) in [6.07, 6.45) is -0.171. The van der Waals surface area contributed by atoms with Gasteiger partial charge < -0.3 is 21.3 Å². The third kappa shape index (κ3) is 5.09. The first-order valence-corrected chi connectivity index (χ1v) is 6.11. The molecule has 0 fully saturated rings. The lowest BCUT2D eigenvalue weighted by atomic mass is 10.1. The maximum atomic E-state index is 13.1. The second-order valence-corrected chi connectivity index (χ2v) is 4.38. The fraction of sp³-hybridized carbons (Fsp3) is 0.308. The molecule has 1 atom stereocenters. The van der Waals surface area contributed by atoms with E-state index in [4.69, 9.17) is 15.9 Å². The minimum absolute atomic E-state index is 0.0172. The van der Waals surface area contributed by atoms with Crippen molar-refractivity contribution in [3.63, 3.8) is 0 Å². The molecule has 5 N–H and O–H groups in total. The largest absolute Gasteiger partial charge is 0.481 e. The molecule has 0 bridgehead atoms. The summed E-state index contributed by atoms with van der Waals surface area (Å²) >= 11 is 0. The first-order chi connectivity index (χ1) is 9.81. The second-order valence-electron chi connectivity index (χ2n) is 4.38. The highest BCUT2D eigenvalue weighted by atomic mass is 19.1. The molecule has 7 nitrogen and oxygen atoms in total. The Morgan fingerprint density at radius 2 is 1.95 bits per heavy atom. The van der Waals surface area contributed by atoms with Crippen molar-refractivity contribution in [3.8, 4) is 0 Å². The number of carboxylic acids is 2. The lowest BCUT2D eigenvalue weighted by Crippen LogP contribution is -2.41. The number of nitrogen functional groups attached to an aromatic ring is 1. The number of hydrogen-bond acceptors (Lipinski definition) is 4. The number of rotatable bonds is 7.